The molecule has 1 aromatic carbocycles. The van der Waals surface area contributed by atoms with E-state index < -0.39 is 0 Å². The van der Waals surface area contributed by atoms with Crippen molar-refractivity contribution in [3.05, 3.63) is 58.3 Å². The van der Waals surface area contributed by atoms with Gasteiger partial charge in [0.05, 0.1) is 6.42 Å². The lowest BCUT2D eigenvalue weighted by atomic mass is 9.95. The van der Waals surface area contributed by atoms with Crippen molar-refractivity contribution in [2.75, 3.05) is 13.1 Å². The molecule has 3 rings (SSSR count). The number of carbonyl (C=O) groups is 1. The molecule has 2 N–H and O–H groups in total. The van der Waals surface area contributed by atoms with Crippen LogP contribution in [0.15, 0.2) is 47.2 Å². The van der Waals surface area contributed by atoms with E-state index in [1.807, 2.05) is 39.9 Å². The molecule has 112 valence electrons. The second-order valence-corrected chi connectivity index (χ2v) is 6.07. The van der Waals surface area contributed by atoms with Crippen molar-refractivity contribution in [3.8, 4) is 0 Å². The minimum Gasteiger partial charge on any atom is -0.340 e. The summed E-state index contributed by atoms with van der Waals surface area (Å²) in [5, 5.41) is 4.04. The van der Waals surface area contributed by atoms with Gasteiger partial charge in [0, 0.05) is 25.0 Å². The lowest BCUT2D eigenvalue weighted by Crippen LogP contribution is -2.33. The van der Waals surface area contributed by atoms with Gasteiger partial charge in [-0.3, -0.25) is 4.79 Å². The molecular weight excluding hydrogens is 304 g/mol. The highest BCUT2D eigenvalue weighted by molar-refractivity contribution is 7.07. The first-order valence-corrected chi connectivity index (χ1v) is 7.77. The summed E-state index contributed by atoms with van der Waals surface area (Å²) in [7, 11) is 0. The maximum Gasteiger partial charge on any atom is 0.227 e. The Bertz CT molecular complexity index is 573. The SMILES string of the molecule is Cl.N[C@@H]1CN(C(=O)Cc2ccsc2)C[C@H]1c1ccccc1. The van der Waals surface area contributed by atoms with Crippen molar-refractivity contribution in [2.45, 2.75) is 18.4 Å². The normalized spacial score (nSPS) is 21.1. The van der Waals surface area contributed by atoms with Gasteiger partial charge in [0.25, 0.3) is 0 Å². The smallest absolute Gasteiger partial charge is 0.227 e. The maximum atomic E-state index is 12.3. The molecule has 0 unspecified atom stereocenters. The predicted octanol–water partition coefficient (Wildman–Crippen LogP) is 2.67. The maximum absolute atomic E-state index is 12.3. The van der Waals surface area contributed by atoms with Crippen LogP contribution in [0.5, 0.6) is 0 Å². The van der Waals surface area contributed by atoms with Crippen LogP contribution in [0.2, 0.25) is 0 Å². The Morgan fingerprint density at radius 3 is 2.67 bits per heavy atom. The Labute approximate surface area is 135 Å². The van der Waals surface area contributed by atoms with Crippen LogP contribution in [-0.4, -0.2) is 29.9 Å². The van der Waals surface area contributed by atoms with Crippen molar-refractivity contribution >= 4 is 29.7 Å². The van der Waals surface area contributed by atoms with Gasteiger partial charge in [0.2, 0.25) is 5.91 Å². The molecule has 2 atom stereocenters. The van der Waals surface area contributed by atoms with Gasteiger partial charge in [0.1, 0.15) is 0 Å². The van der Waals surface area contributed by atoms with E-state index in [9.17, 15) is 4.79 Å². The average Bonchev–Trinajstić information content (AvgIpc) is 3.09. The van der Waals surface area contributed by atoms with Gasteiger partial charge in [-0.2, -0.15) is 11.3 Å². The number of nitrogens with zero attached hydrogens (tertiary/aromatic N) is 1. The van der Waals surface area contributed by atoms with Crippen LogP contribution in [0.3, 0.4) is 0 Å². The number of halogens is 1. The highest BCUT2D eigenvalue weighted by Crippen LogP contribution is 2.26. The summed E-state index contributed by atoms with van der Waals surface area (Å²) in [5.74, 6) is 0.430. The molecule has 0 bridgehead atoms. The quantitative estimate of drug-likeness (QED) is 0.944. The first-order chi connectivity index (χ1) is 9.74. The molecule has 0 saturated carbocycles. The third-order valence-corrected chi connectivity index (χ3v) is 4.61. The van der Waals surface area contributed by atoms with E-state index in [0.717, 1.165) is 12.1 Å². The highest BCUT2D eigenvalue weighted by Gasteiger charge is 2.33. The number of hydrogen-bond donors (Lipinski definition) is 1. The summed E-state index contributed by atoms with van der Waals surface area (Å²) >= 11 is 1.63. The van der Waals surface area contributed by atoms with Gasteiger partial charge in [-0.15, -0.1) is 12.4 Å². The molecule has 1 aromatic heterocycles. The van der Waals surface area contributed by atoms with Crippen LogP contribution >= 0.6 is 23.7 Å². The van der Waals surface area contributed by atoms with E-state index in [1.54, 1.807) is 11.3 Å². The van der Waals surface area contributed by atoms with Gasteiger partial charge in [-0.25, -0.2) is 0 Å². The molecule has 21 heavy (non-hydrogen) atoms. The van der Waals surface area contributed by atoms with Crippen LogP contribution in [0.4, 0.5) is 0 Å². The van der Waals surface area contributed by atoms with Gasteiger partial charge >= 0.3 is 0 Å². The number of likely N-dealkylation sites (tertiary alicyclic amines) is 1. The van der Waals surface area contributed by atoms with Crippen molar-refractivity contribution in [1.82, 2.24) is 4.90 Å². The largest absolute Gasteiger partial charge is 0.340 e. The van der Waals surface area contributed by atoms with Gasteiger partial charge < -0.3 is 10.6 Å². The minimum absolute atomic E-state index is 0. The van der Waals surface area contributed by atoms with Crippen molar-refractivity contribution in [1.29, 1.82) is 0 Å². The summed E-state index contributed by atoms with van der Waals surface area (Å²) in [6, 6.07) is 12.3. The summed E-state index contributed by atoms with van der Waals surface area (Å²) in [6.45, 7) is 1.39. The van der Waals surface area contributed by atoms with E-state index in [4.69, 9.17) is 5.73 Å². The molecule has 0 radical (unpaired) electrons. The molecule has 3 nitrogen and oxygen atoms in total. The third-order valence-electron chi connectivity index (χ3n) is 3.88. The fourth-order valence-corrected chi connectivity index (χ4v) is 3.43. The van der Waals surface area contributed by atoms with Crippen molar-refractivity contribution in [3.63, 3.8) is 0 Å². The molecule has 1 fully saturated rings. The Hall–Kier alpha value is -1.36. The number of carbonyl (C=O) groups excluding carboxylic acids is 1. The Balaban J connectivity index is 0.00000161. The monoisotopic (exact) mass is 322 g/mol. The molecule has 2 aromatic rings. The van der Waals surface area contributed by atoms with Gasteiger partial charge in [0.15, 0.2) is 0 Å². The topological polar surface area (TPSA) is 46.3 Å². The molecule has 1 aliphatic rings. The van der Waals surface area contributed by atoms with E-state index in [2.05, 4.69) is 12.1 Å². The van der Waals surface area contributed by atoms with E-state index in [0.29, 0.717) is 13.0 Å². The van der Waals surface area contributed by atoms with Gasteiger partial charge in [-0.05, 0) is 28.0 Å². The minimum atomic E-state index is 0. The zero-order valence-corrected chi connectivity index (χ0v) is 13.3. The molecular formula is C16H19ClN2OS. The van der Waals surface area contributed by atoms with E-state index in [1.165, 1.54) is 5.56 Å². The zero-order valence-electron chi connectivity index (χ0n) is 11.6. The molecule has 1 saturated heterocycles. The summed E-state index contributed by atoms with van der Waals surface area (Å²) < 4.78 is 0. The van der Waals surface area contributed by atoms with Crippen LogP contribution in [-0.2, 0) is 11.2 Å². The molecule has 0 spiro atoms. The fourth-order valence-electron chi connectivity index (χ4n) is 2.77. The van der Waals surface area contributed by atoms with Crippen LogP contribution in [0.1, 0.15) is 17.0 Å². The predicted molar refractivity (Wildman–Crippen MR) is 89.0 cm³/mol. The second kappa shape index (κ2) is 7.07. The number of hydrogen-bond acceptors (Lipinski definition) is 3. The zero-order chi connectivity index (χ0) is 13.9. The average molecular weight is 323 g/mol. The number of nitrogens with two attached hydrogens (primary N) is 1. The van der Waals surface area contributed by atoms with E-state index >= 15 is 0 Å². The van der Waals surface area contributed by atoms with Crippen molar-refractivity contribution in [2.24, 2.45) is 5.73 Å². The first kappa shape index (κ1) is 16.0. The molecule has 1 aliphatic heterocycles. The summed E-state index contributed by atoms with van der Waals surface area (Å²) in [5.41, 5.74) is 8.54. The fraction of sp³-hybridized carbons (Fsp3) is 0.312. The summed E-state index contributed by atoms with van der Waals surface area (Å²) in [6.07, 6.45) is 0.484. The number of amides is 1. The molecule has 1 amide bonds. The van der Waals surface area contributed by atoms with Crippen LogP contribution < -0.4 is 5.73 Å². The summed E-state index contributed by atoms with van der Waals surface area (Å²) in [4.78, 5) is 14.2. The Morgan fingerprint density at radius 2 is 2.00 bits per heavy atom. The lowest BCUT2D eigenvalue weighted by molar-refractivity contribution is -0.129. The molecule has 2 heterocycles. The Morgan fingerprint density at radius 1 is 1.24 bits per heavy atom. The first-order valence-electron chi connectivity index (χ1n) is 6.83. The third kappa shape index (κ3) is 3.64. The number of thiophene rings is 1. The number of rotatable bonds is 3. The van der Waals surface area contributed by atoms with Crippen LogP contribution in [0, 0.1) is 0 Å². The van der Waals surface area contributed by atoms with Crippen molar-refractivity contribution < 1.29 is 4.79 Å². The van der Waals surface area contributed by atoms with Crippen LogP contribution in [0.25, 0.3) is 0 Å². The molecule has 0 aliphatic carbocycles. The Kier molecular flexibility index (Phi) is 5.39. The number of benzene rings is 1. The van der Waals surface area contributed by atoms with Gasteiger partial charge in [-0.1, -0.05) is 30.3 Å². The second-order valence-electron chi connectivity index (χ2n) is 5.29. The highest BCUT2D eigenvalue weighted by atomic mass is 35.5. The lowest BCUT2D eigenvalue weighted by Gasteiger charge is -2.16. The van der Waals surface area contributed by atoms with E-state index in [-0.39, 0.29) is 30.3 Å². The molecule has 5 heteroatoms. The standard InChI is InChI=1S/C16H18N2OS.ClH/c17-15-10-18(16(19)8-12-6-7-20-11-12)9-14(15)13-4-2-1-3-5-13;/h1-7,11,14-15H,8-10,17H2;1H/t14-,15+;/m0./s1.